The van der Waals surface area contributed by atoms with Gasteiger partial charge in [0.1, 0.15) is 0 Å². The first-order valence-electron chi connectivity index (χ1n) is 8.09. The van der Waals surface area contributed by atoms with Crippen LogP contribution in [-0.4, -0.2) is 11.5 Å². The molecule has 1 aromatic rings. The Hall–Kier alpha value is -1.68. The van der Waals surface area contributed by atoms with E-state index in [9.17, 15) is 10.1 Å². The molecular formula is C18H23NO3. The quantitative estimate of drug-likeness (QED) is 0.463. The molecule has 0 aromatic heterocycles. The second kappa shape index (κ2) is 6.21. The maximum absolute atomic E-state index is 10.8. The van der Waals surface area contributed by atoms with Crippen LogP contribution < -0.4 is 0 Å². The molecule has 1 heterocycles. The number of hydrogen-bond acceptors (Lipinski definition) is 3. The van der Waals surface area contributed by atoms with Crippen molar-refractivity contribution in [1.29, 1.82) is 0 Å². The molecule has 1 aliphatic heterocycles. The van der Waals surface area contributed by atoms with Crippen molar-refractivity contribution in [2.24, 2.45) is 17.8 Å². The van der Waals surface area contributed by atoms with Crippen molar-refractivity contribution in [2.75, 3.05) is 6.61 Å². The lowest BCUT2D eigenvalue weighted by Gasteiger charge is -2.46. The van der Waals surface area contributed by atoms with Crippen LogP contribution in [-0.2, 0) is 4.74 Å². The molecule has 0 bridgehead atoms. The number of ether oxygens (including phenoxy) is 1. The zero-order valence-corrected chi connectivity index (χ0v) is 13.0. The van der Waals surface area contributed by atoms with Crippen molar-refractivity contribution >= 4 is 5.69 Å². The molecule has 2 fully saturated rings. The Bertz CT molecular complexity index is 566. The zero-order valence-electron chi connectivity index (χ0n) is 13.0. The molecule has 4 atom stereocenters. The van der Waals surface area contributed by atoms with Gasteiger partial charge in [-0.15, -0.1) is 0 Å². The van der Waals surface area contributed by atoms with Crippen LogP contribution in [0.3, 0.4) is 0 Å². The number of nitro groups is 1. The largest absolute Gasteiger partial charge is 0.373 e. The van der Waals surface area contributed by atoms with Crippen LogP contribution in [0.4, 0.5) is 5.69 Å². The summed E-state index contributed by atoms with van der Waals surface area (Å²) < 4.78 is 6.06. The number of hydrogen-bond donors (Lipinski definition) is 0. The van der Waals surface area contributed by atoms with Gasteiger partial charge >= 0.3 is 0 Å². The molecule has 0 amide bonds. The predicted molar refractivity (Wildman–Crippen MR) is 85.5 cm³/mol. The Kier molecular flexibility index (Phi) is 4.30. The summed E-state index contributed by atoms with van der Waals surface area (Å²) in [5.74, 6) is 1.74. The predicted octanol–water partition coefficient (Wildman–Crippen LogP) is 4.66. The van der Waals surface area contributed by atoms with Crippen molar-refractivity contribution in [3.8, 4) is 0 Å². The van der Waals surface area contributed by atoms with Gasteiger partial charge in [0, 0.05) is 18.7 Å². The fraction of sp³-hybridized carbons (Fsp3) is 0.556. The molecule has 0 unspecified atom stereocenters. The molecule has 0 N–H and O–H groups in total. The lowest BCUT2D eigenvalue weighted by molar-refractivity contribution is -0.384. The minimum absolute atomic E-state index is 0.0710. The minimum Gasteiger partial charge on any atom is -0.373 e. The maximum atomic E-state index is 10.8. The van der Waals surface area contributed by atoms with Gasteiger partial charge in [-0.2, -0.15) is 0 Å². The highest BCUT2D eigenvalue weighted by Gasteiger charge is 2.41. The Morgan fingerprint density at radius 2 is 1.95 bits per heavy atom. The maximum Gasteiger partial charge on any atom is 0.269 e. The van der Waals surface area contributed by atoms with Crippen LogP contribution in [0, 0.1) is 27.9 Å². The molecule has 4 nitrogen and oxygen atoms in total. The van der Waals surface area contributed by atoms with E-state index in [4.69, 9.17) is 4.74 Å². The molecule has 1 saturated heterocycles. The number of allylic oxidation sites excluding steroid dienone is 1. The highest BCUT2D eigenvalue weighted by Crippen LogP contribution is 2.49. The number of nitrogens with zero attached hydrogens (tertiary/aromatic N) is 1. The average molecular weight is 301 g/mol. The average Bonchev–Trinajstić information content (AvgIpc) is 2.53. The van der Waals surface area contributed by atoms with Gasteiger partial charge in [-0.3, -0.25) is 10.1 Å². The van der Waals surface area contributed by atoms with Crippen molar-refractivity contribution < 1.29 is 9.66 Å². The smallest absolute Gasteiger partial charge is 0.269 e. The SMILES string of the molecule is C=C(C)[C@H]1CCC[C@@H]2[C@@H]1CCO[C@H]2c1ccc([N+](=O)[O-])cc1. The fourth-order valence-electron chi connectivity index (χ4n) is 4.29. The van der Waals surface area contributed by atoms with Crippen LogP contribution in [0.5, 0.6) is 0 Å². The Morgan fingerprint density at radius 3 is 2.59 bits per heavy atom. The third kappa shape index (κ3) is 2.80. The molecule has 0 spiro atoms. The van der Waals surface area contributed by atoms with E-state index in [1.165, 1.54) is 24.8 Å². The van der Waals surface area contributed by atoms with E-state index >= 15 is 0 Å². The number of non-ortho nitro benzene ring substituents is 1. The zero-order chi connectivity index (χ0) is 15.7. The van der Waals surface area contributed by atoms with Gasteiger partial charge in [0.05, 0.1) is 11.0 Å². The molecule has 1 aromatic carbocycles. The van der Waals surface area contributed by atoms with Gasteiger partial charge in [0.15, 0.2) is 0 Å². The summed E-state index contributed by atoms with van der Waals surface area (Å²) in [4.78, 5) is 10.4. The van der Waals surface area contributed by atoms with Gasteiger partial charge < -0.3 is 4.74 Å². The normalized spacial score (nSPS) is 31.3. The van der Waals surface area contributed by atoms with Gasteiger partial charge in [-0.1, -0.05) is 18.6 Å². The van der Waals surface area contributed by atoms with Crippen molar-refractivity contribution in [3.05, 3.63) is 52.1 Å². The summed E-state index contributed by atoms with van der Waals surface area (Å²) in [5.41, 5.74) is 2.50. The summed E-state index contributed by atoms with van der Waals surface area (Å²) in [6.07, 6.45) is 4.80. The highest BCUT2D eigenvalue weighted by molar-refractivity contribution is 5.34. The number of rotatable bonds is 3. The van der Waals surface area contributed by atoms with Gasteiger partial charge in [0.25, 0.3) is 5.69 Å². The van der Waals surface area contributed by atoms with Gasteiger partial charge in [0.2, 0.25) is 0 Å². The van der Waals surface area contributed by atoms with Crippen LogP contribution in [0.2, 0.25) is 0 Å². The number of fused-ring (bicyclic) bond motifs is 1. The lowest BCUT2D eigenvalue weighted by atomic mass is 9.65. The lowest BCUT2D eigenvalue weighted by Crippen LogP contribution is -2.38. The highest BCUT2D eigenvalue weighted by atomic mass is 16.6. The molecule has 2 aliphatic rings. The molecule has 3 rings (SSSR count). The first-order chi connectivity index (χ1) is 10.6. The molecule has 4 heteroatoms. The van der Waals surface area contributed by atoms with Gasteiger partial charge in [-0.25, -0.2) is 0 Å². The molecule has 118 valence electrons. The number of nitro benzene ring substituents is 1. The van der Waals surface area contributed by atoms with Crippen LogP contribution >= 0.6 is 0 Å². The van der Waals surface area contributed by atoms with E-state index in [1.54, 1.807) is 12.1 Å². The standard InChI is InChI=1S/C18H23NO3/c1-12(2)15-4-3-5-17-16(15)10-11-22-18(17)13-6-8-14(9-7-13)19(20)21/h6-9,15-18H,1,3-5,10-11H2,2H3/t15-,16-,17-,18+/m1/s1. The van der Waals surface area contributed by atoms with Crippen molar-refractivity contribution in [3.63, 3.8) is 0 Å². The summed E-state index contributed by atoms with van der Waals surface area (Å²) in [6.45, 7) is 7.10. The molecular weight excluding hydrogens is 278 g/mol. The molecule has 1 aliphatic carbocycles. The minimum atomic E-state index is -0.355. The van der Waals surface area contributed by atoms with Crippen LogP contribution in [0.1, 0.15) is 44.3 Å². The van der Waals surface area contributed by atoms with E-state index in [2.05, 4.69) is 13.5 Å². The van der Waals surface area contributed by atoms with E-state index in [1.807, 2.05) is 12.1 Å². The monoisotopic (exact) mass is 301 g/mol. The van der Waals surface area contributed by atoms with Crippen LogP contribution in [0.25, 0.3) is 0 Å². The van der Waals surface area contributed by atoms with E-state index < -0.39 is 0 Å². The van der Waals surface area contributed by atoms with Crippen molar-refractivity contribution in [1.82, 2.24) is 0 Å². The second-order valence-electron chi connectivity index (χ2n) is 6.64. The third-order valence-corrected chi connectivity index (χ3v) is 5.32. The first kappa shape index (κ1) is 15.2. The van der Waals surface area contributed by atoms with E-state index in [0.29, 0.717) is 17.8 Å². The Balaban J connectivity index is 1.84. The fourth-order valence-corrected chi connectivity index (χ4v) is 4.29. The number of benzene rings is 1. The summed E-state index contributed by atoms with van der Waals surface area (Å²) in [5, 5.41) is 10.8. The second-order valence-corrected chi connectivity index (χ2v) is 6.64. The van der Waals surface area contributed by atoms with Crippen LogP contribution in [0.15, 0.2) is 36.4 Å². The molecule has 0 radical (unpaired) electrons. The molecule has 22 heavy (non-hydrogen) atoms. The summed E-state index contributed by atoms with van der Waals surface area (Å²) in [6, 6.07) is 6.88. The van der Waals surface area contributed by atoms with Crippen molar-refractivity contribution in [2.45, 2.75) is 38.7 Å². The van der Waals surface area contributed by atoms with E-state index in [-0.39, 0.29) is 16.7 Å². The third-order valence-electron chi connectivity index (χ3n) is 5.32. The first-order valence-corrected chi connectivity index (χ1v) is 8.09. The Labute approximate surface area is 131 Å². The summed E-state index contributed by atoms with van der Waals surface area (Å²) >= 11 is 0. The van der Waals surface area contributed by atoms with E-state index in [0.717, 1.165) is 18.6 Å². The summed E-state index contributed by atoms with van der Waals surface area (Å²) in [7, 11) is 0. The van der Waals surface area contributed by atoms with Gasteiger partial charge in [-0.05, 0) is 61.6 Å². The Morgan fingerprint density at radius 1 is 1.23 bits per heavy atom. The topological polar surface area (TPSA) is 52.4 Å². The molecule has 1 saturated carbocycles.